The highest BCUT2D eigenvalue weighted by Crippen LogP contribution is 2.43. The maximum absolute atomic E-state index is 13.4. The molecule has 3 aromatic carbocycles. The lowest BCUT2D eigenvalue weighted by molar-refractivity contribution is -0.137. The van der Waals surface area contributed by atoms with E-state index in [0.29, 0.717) is 16.7 Å². The van der Waals surface area contributed by atoms with Crippen LogP contribution >= 0.6 is 0 Å². The first-order chi connectivity index (χ1) is 16.2. The van der Waals surface area contributed by atoms with Crippen LogP contribution in [0, 0.1) is 18.3 Å². The molecule has 0 amide bonds. The Morgan fingerprint density at radius 1 is 1.03 bits per heavy atom. The van der Waals surface area contributed by atoms with Crippen LogP contribution in [0.5, 0.6) is 5.75 Å². The van der Waals surface area contributed by atoms with Gasteiger partial charge in [0.05, 0.1) is 34.1 Å². The van der Waals surface area contributed by atoms with Crippen molar-refractivity contribution >= 4 is 22.6 Å². The van der Waals surface area contributed by atoms with E-state index in [1.165, 1.54) is 36.4 Å². The number of benzene rings is 3. The predicted molar refractivity (Wildman–Crippen MR) is 121 cm³/mol. The van der Waals surface area contributed by atoms with Crippen LogP contribution in [0.2, 0.25) is 0 Å². The lowest BCUT2D eigenvalue weighted by atomic mass is 9.84. The monoisotopic (exact) mass is 459 g/mol. The van der Waals surface area contributed by atoms with Gasteiger partial charge in [-0.1, -0.05) is 35.9 Å². The van der Waals surface area contributed by atoms with Crippen LogP contribution in [0.1, 0.15) is 45.1 Å². The van der Waals surface area contributed by atoms with Crippen LogP contribution in [0.4, 0.5) is 13.2 Å². The fourth-order valence-corrected chi connectivity index (χ4v) is 4.37. The fourth-order valence-electron chi connectivity index (χ4n) is 4.37. The number of hydrogen-bond donors (Lipinski definition) is 1. The fraction of sp³-hybridized carbons (Fsp3) is 0.111. The van der Waals surface area contributed by atoms with E-state index in [-0.39, 0.29) is 33.6 Å². The first kappa shape index (κ1) is 21.5. The molecule has 7 heteroatoms. The van der Waals surface area contributed by atoms with Gasteiger partial charge in [-0.15, -0.1) is 0 Å². The Kier molecular flexibility index (Phi) is 4.83. The number of phenols is 1. The zero-order chi connectivity index (χ0) is 24.2. The molecule has 0 aliphatic heterocycles. The third kappa shape index (κ3) is 3.44. The minimum Gasteiger partial charge on any atom is -0.508 e. The van der Waals surface area contributed by atoms with Crippen LogP contribution in [-0.4, -0.2) is 5.11 Å². The maximum atomic E-state index is 13.4. The highest BCUT2D eigenvalue weighted by molar-refractivity contribution is 5.95. The van der Waals surface area contributed by atoms with Gasteiger partial charge >= 0.3 is 6.18 Å². The number of phenolic OH excluding ortho intramolecular Hbond substituents is 1. The van der Waals surface area contributed by atoms with E-state index in [9.17, 15) is 28.3 Å². The number of alkyl halides is 3. The number of aromatic hydroxyl groups is 1. The highest BCUT2D eigenvalue weighted by Gasteiger charge is 2.33. The van der Waals surface area contributed by atoms with E-state index in [4.69, 9.17) is 4.42 Å². The summed E-state index contributed by atoms with van der Waals surface area (Å²) in [6.45, 7) is 1.86. The number of nitriles is 1. The number of nitrogens with zero attached hydrogens (tertiary/aromatic N) is 1. The third-order valence-electron chi connectivity index (χ3n) is 5.99. The molecule has 4 nitrogen and oxygen atoms in total. The van der Waals surface area contributed by atoms with Crippen molar-refractivity contribution in [1.82, 2.24) is 0 Å². The molecule has 34 heavy (non-hydrogen) atoms. The molecule has 0 saturated heterocycles. The van der Waals surface area contributed by atoms with E-state index >= 15 is 0 Å². The van der Waals surface area contributed by atoms with Gasteiger partial charge in [-0.3, -0.25) is 4.79 Å². The molecule has 1 N–H and O–H groups in total. The molecule has 1 heterocycles. The SMILES string of the molecule is Cc1ccc2c(c1)C(C#N)=Cc1c(oc3cc(O)ccc3c1=O)C2c1ccc(C(F)(F)F)cc1. The zero-order valence-corrected chi connectivity index (χ0v) is 17.8. The topological polar surface area (TPSA) is 74.2 Å². The van der Waals surface area contributed by atoms with E-state index < -0.39 is 23.1 Å². The van der Waals surface area contributed by atoms with Crippen molar-refractivity contribution in [1.29, 1.82) is 5.26 Å². The summed E-state index contributed by atoms with van der Waals surface area (Å²) < 4.78 is 45.7. The third-order valence-corrected chi connectivity index (χ3v) is 5.99. The molecule has 0 bridgehead atoms. The van der Waals surface area contributed by atoms with E-state index in [1.54, 1.807) is 6.07 Å². The lowest BCUT2D eigenvalue weighted by Crippen LogP contribution is -2.14. The lowest BCUT2D eigenvalue weighted by Gasteiger charge is -2.21. The van der Waals surface area contributed by atoms with Gasteiger partial charge in [0.25, 0.3) is 0 Å². The van der Waals surface area contributed by atoms with Crippen LogP contribution in [0.3, 0.4) is 0 Å². The summed E-state index contributed by atoms with van der Waals surface area (Å²) in [4.78, 5) is 13.4. The van der Waals surface area contributed by atoms with Crippen LogP contribution < -0.4 is 5.43 Å². The molecule has 168 valence electrons. The largest absolute Gasteiger partial charge is 0.508 e. The highest BCUT2D eigenvalue weighted by atomic mass is 19.4. The summed E-state index contributed by atoms with van der Waals surface area (Å²) in [6, 6.07) is 16.4. The summed E-state index contributed by atoms with van der Waals surface area (Å²) in [5.41, 5.74) is 1.89. The molecule has 1 unspecified atom stereocenters. The number of aryl methyl sites for hydroxylation is 1. The standard InChI is InChI=1S/C27H16F3NO3/c1-14-2-8-19-21(10-14)16(13-31)11-22-25(33)20-9-7-18(32)12-23(20)34-26(22)24(19)15-3-5-17(6-4-15)27(28,29)30/h2-12,24,32H,1H3. The molecular weight excluding hydrogens is 443 g/mol. The van der Waals surface area contributed by atoms with Gasteiger partial charge in [0.15, 0.2) is 5.43 Å². The zero-order valence-electron chi connectivity index (χ0n) is 17.8. The Balaban J connectivity index is 1.88. The average molecular weight is 459 g/mol. The first-order valence-electron chi connectivity index (χ1n) is 10.4. The first-order valence-corrected chi connectivity index (χ1v) is 10.4. The molecule has 1 aliphatic carbocycles. The molecule has 0 saturated carbocycles. The molecule has 4 aromatic rings. The van der Waals surface area contributed by atoms with Crippen molar-refractivity contribution in [3.63, 3.8) is 0 Å². The normalized spacial score (nSPS) is 15.1. The van der Waals surface area contributed by atoms with E-state index in [0.717, 1.165) is 17.7 Å². The van der Waals surface area contributed by atoms with Crippen LogP contribution in [0.15, 0.2) is 69.9 Å². The number of allylic oxidation sites excluding steroid dienone is 1. The minimum atomic E-state index is -4.50. The minimum absolute atomic E-state index is 0.0976. The molecule has 0 fully saturated rings. The second-order valence-electron chi connectivity index (χ2n) is 8.20. The molecule has 1 atom stereocenters. The average Bonchev–Trinajstić information content (AvgIpc) is 2.92. The smallest absolute Gasteiger partial charge is 0.416 e. The van der Waals surface area contributed by atoms with E-state index in [1.807, 2.05) is 19.1 Å². The van der Waals surface area contributed by atoms with Crippen molar-refractivity contribution in [2.45, 2.75) is 19.0 Å². The van der Waals surface area contributed by atoms with Gasteiger partial charge in [0.1, 0.15) is 17.1 Å². The maximum Gasteiger partial charge on any atom is 0.416 e. The van der Waals surface area contributed by atoms with Crippen molar-refractivity contribution in [3.05, 3.63) is 110 Å². The summed E-state index contributed by atoms with van der Waals surface area (Å²) in [5.74, 6) is -0.660. The molecule has 1 aromatic heterocycles. The second-order valence-corrected chi connectivity index (χ2v) is 8.20. The van der Waals surface area contributed by atoms with E-state index in [2.05, 4.69) is 6.07 Å². The van der Waals surface area contributed by atoms with Crippen molar-refractivity contribution in [2.75, 3.05) is 0 Å². The van der Waals surface area contributed by atoms with Crippen LogP contribution in [-0.2, 0) is 6.18 Å². The number of halogens is 3. The number of fused-ring (bicyclic) bond motifs is 3. The van der Waals surface area contributed by atoms with Gasteiger partial charge in [-0.2, -0.15) is 18.4 Å². The van der Waals surface area contributed by atoms with Crippen molar-refractivity contribution in [3.8, 4) is 11.8 Å². The van der Waals surface area contributed by atoms with Gasteiger partial charge in [0.2, 0.25) is 0 Å². The molecule has 5 rings (SSSR count). The second kappa shape index (κ2) is 7.63. The quantitative estimate of drug-likeness (QED) is 0.358. The van der Waals surface area contributed by atoms with Crippen molar-refractivity contribution < 1.29 is 22.7 Å². The summed E-state index contributed by atoms with van der Waals surface area (Å²) in [5, 5.41) is 20.0. The summed E-state index contributed by atoms with van der Waals surface area (Å²) >= 11 is 0. The Hall–Kier alpha value is -4.31. The van der Waals surface area contributed by atoms with Gasteiger partial charge in [-0.05, 0) is 54.0 Å². The predicted octanol–water partition coefficient (Wildman–Crippen LogP) is 6.38. The Bertz CT molecular complexity index is 1590. The summed E-state index contributed by atoms with van der Waals surface area (Å²) in [6.07, 6.45) is -3.03. The van der Waals surface area contributed by atoms with Gasteiger partial charge in [-0.25, -0.2) is 0 Å². The molecular formula is C27H16F3NO3. The van der Waals surface area contributed by atoms with Crippen LogP contribution in [0.25, 0.3) is 22.6 Å². The Morgan fingerprint density at radius 3 is 2.44 bits per heavy atom. The molecule has 0 radical (unpaired) electrons. The number of rotatable bonds is 1. The van der Waals surface area contributed by atoms with Gasteiger partial charge in [0, 0.05) is 6.07 Å². The molecule has 0 spiro atoms. The van der Waals surface area contributed by atoms with Gasteiger partial charge < -0.3 is 9.52 Å². The Labute approximate surface area is 191 Å². The molecule has 1 aliphatic rings. The van der Waals surface area contributed by atoms with Crippen molar-refractivity contribution in [2.24, 2.45) is 0 Å². The Morgan fingerprint density at radius 2 is 1.76 bits per heavy atom. The summed E-state index contributed by atoms with van der Waals surface area (Å²) in [7, 11) is 0. The number of hydrogen-bond acceptors (Lipinski definition) is 4.